The number of anilines is 1. The molecule has 0 heterocycles. The predicted molar refractivity (Wildman–Crippen MR) is 84.8 cm³/mol. The first kappa shape index (κ1) is 14.4. The molecule has 0 saturated carbocycles. The third-order valence-corrected chi connectivity index (χ3v) is 5.39. The molecule has 0 radical (unpaired) electrons. The largest absolute Gasteiger partial charge is 0.399 e. The Hall–Kier alpha value is -1.50. The van der Waals surface area contributed by atoms with Gasteiger partial charge in [-0.3, -0.25) is 0 Å². The van der Waals surface area contributed by atoms with Gasteiger partial charge in [-0.15, -0.1) is 0 Å². The average Bonchev–Trinajstić information content (AvgIpc) is 2.84. The second-order valence-electron chi connectivity index (χ2n) is 5.17. The minimum absolute atomic E-state index is 0.0474. The van der Waals surface area contributed by atoms with Crippen LogP contribution in [0.1, 0.15) is 17.5 Å². The molecular formula is C15H16N2O2S2. The lowest BCUT2D eigenvalue weighted by atomic mass is 10.1. The predicted octanol–water partition coefficient (Wildman–Crippen LogP) is 2.56. The van der Waals surface area contributed by atoms with Gasteiger partial charge in [0.1, 0.15) is 0 Å². The quantitative estimate of drug-likeness (QED) is 0.851. The van der Waals surface area contributed by atoms with Crippen LogP contribution in [0.25, 0.3) is 0 Å². The molecule has 0 fully saturated rings. The lowest BCUT2D eigenvalue weighted by Gasteiger charge is -2.07. The third-order valence-electron chi connectivity index (χ3n) is 3.54. The summed E-state index contributed by atoms with van der Waals surface area (Å²) in [5.41, 5.74) is 8.96. The van der Waals surface area contributed by atoms with Gasteiger partial charge < -0.3 is 5.73 Å². The summed E-state index contributed by atoms with van der Waals surface area (Å²) in [4.78, 5) is 1.91. The molecule has 0 aromatic heterocycles. The molecule has 2 aromatic carbocycles. The Morgan fingerprint density at radius 3 is 2.48 bits per heavy atom. The number of primary sulfonamides is 1. The van der Waals surface area contributed by atoms with Crippen molar-refractivity contribution in [3.8, 4) is 0 Å². The Morgan fingerprint density at radius 2 is 1.71 bits per heavy atom. The van der Waals surface area contributed by atoms with Crippen LogP contribution in [0.2, 0.25) is 0 Å². The summed E-state index contributed by atoms with van der Waals surface area (Å²) < 4.78 is 22.9. The zero-order valence-electron chi connectivity index (χ0n) is 11.4. The highest BCUT2D eigenvalue weighted by Crippen LogP contribution is 2.33. The number of fused-ring (bicyclic) bond motifs is 1. The first-order valence-corrected chi connectivity index (χ1v) is 9.01. The van der Waals surface area contributed by atoms with Crippen molar-refractivity contribution in [2.45, 2.75) is 33.9 Å². The molecule has 0 saturated heterocycles. The Morgan fingerprint density at radius 1 is 0.952 bits per heavy atom. The van der Waals surface area contributed by atoms with Crippen molar-refractivity contribution in [2.24, 2.45) is 5.14 Å². The summed E-state index contributed by atoms with van der Waals surface area (Å²) in [5, 5.41) is 5.17. The summed E-state index contributed by atoms with van der Waals surface area (Å²) in [5.74, 6) is 0. The van der Waals surface area contributed by atoms with Crippen LogP contribution in [0.4, 0.5) is 5.69 Å². The number of benzene rings is 2. The third kappa shape index (κ3) is 3.23. The van der Waals surface area contributed by atoms with Gasteiger partial charge in [0.2, 0.25) is 10.0 Å². The van der Waals surface area contributed by atoms with Crippen LogP contribution in [0.3, 0.4) is 0 Å². The number of hydrogen-bond donors (Lipinski definition) is 2. The smallest absolute Gasteiger partial charge is 0.238 e. The SMILES string of the molecule is Nc1cc(Sc2ccc3c(c2)CCC3)cc(S(N)(=O)=O)c1. The molecule has 6 heteroatoms. The molecule has 0 spiro atoms. The van der Waals surface area contributed by atoms with E-state index in [0.717, 1.165) is 22.6 Å². The van der Waals surface area contributed by atoms with Crippen molar-refractivity contribution >= 4 is 27.5 Å². The number of nitrogens with two attached hydrogens (primary N) is 2. The van der Waals surface area contributed by atoms with Crippen LogP contribution >= 0.6 is 11.8 Å². The highest BCUT2D eigenvalue weighted by Gasteiger charge is 2.13. The summed E-state index contributed by atoms with van der Waals surface area (Å²) in [6, 6.07) is 11.1. The first-order chi connectivity index (χ1) is 9.91. The fourth-order valence-electron chi connectivity index (χ4n) is 2.56. The van der Waals surface area contributed by atoms with Gasteiger partial charge in [0.05, 0.1) is 4.90 Å². The van der Waals surface area contributed by atoms with Crippen molar-refractivity contribution in [1.29, 1.82) is 0 Å². The fourth-order valence-corrected chi connectivity index (χ4v) is 4.22. The van der Waals surface area contributed by atoms with Crippen LogP contribution in [-0.2, 0) is 22.9 Å². The van der Waals surface area contributed by atoms with E-state index >= 15 is 0 Å². The Kier molecular flexibility index (Phi) is 3.69. The molecule has 21 heavy (non-hydrogen) atoms. The molecule has 0 atom stereocenters. The monoisotopic (exact) mass is 320 g/mol. The van der Waals surface area contributed by atoms with Gasteiger partial charge in [0.25, 0.3) is 0 Å². The Balaban J connectivity index is 1.93. The second kappa shape index (κ2) is 5.36. The summed E-state index contributed by atoms with van der Waals surface area (Å²) in [6.07, 6.45) is 3.47. The highest BCUT2D eigenvalue weighted by atomic mass is 32.2. The molecule has 1 aliphatic rings. The van der Waals surface area contributed by atoms with Gasteiger partial charge in [-0.2, -0.15) is 0 Å². The Labute approximate surface area is 128 Å². The molecule has 0 bridgehead atoms. The molecule has 1 aliphatic carbocycles. The standard InChI is InChI=1S/C15H16N2O2S2/c16-12-7-14(9-15(8-12)21(17,18)19)20-13-5-4-10-2-1-3-11(10)6-13/h4-9H,1-3,16H2,(H2,17,18,19). The molecule has 3 rings (SSSR count). The Bertz CT molecular complexity index is 801. The normalized spacial score (nSPS) is 14.1. The number of sulfonamides is 1. The molecule has 0 unspecified atom stereocenters. The van der Waals surface area contributed by atoms with E-state index < -0.39 is 10.0 Å². The van der Waals surface area contributed by atoms with E-state index in [0.29, 0.717) is 5.69 Å². The van der Waals surface area contributed by atoms with Crippen molar-refractivity contribution in [2.75, 3.05) is 5.73 Å². The van der Waals surface area contributed by atoms with Crippen LogP contribution in [0.5, 0.6) is 0 Å². The maximum Gasteiger partial charge on any atom is 0.238 e. The number of aryl methyl sites for hydroxylation is 2. The number of nitrogen functional groups attached to an aromatic ring is 1. The summed E-state index contributed by atoms with van der Waals surface area (Å²) in [7, 11) is -3.74. The molecule has 4 nitrogen and oxygen atoms in total. The van der Waals surface area contributed by atoms with Gasteiger partial charge in [0.15, 0.2) is 0 Å². The van der Waals surface area contributed by atoms with E-state index in [9.17, 15) is 8.42 Å². The average molecular weight is 320 g/mol. The van der Waals surface area contributed by atoms with Crippen LogP contribution in [-0.4, -0.2) is 8.42 Å². The summed E-state index contributed by atoms with van der Waals surface area (Å²) >= 11 is 1.50. The topological polar surface area (TPSA) is 86.2 Å². The van der Waals surface area contributed by atoms with Crippen molar-refractivity contribution < 1.29 is 8.42 Å². The first-order valence-electron chi connectivity index (χ1n) is 6.65. The van der Waals surface area contributed by atoms with E-state index in [1.807, 2.05) is 0 Å². The van der Waals surface area contributed by atoms with Crippen LogP contribution < -0.4 is 10.9 Å². The number of hydrogen-bond acceptors (Lipinski definition) is 4. The van der Waals surface area contributed by atoms with Gasteiger partial charge in [-0.05, 0) is 60.7 Å². The molecule has 4 N–H and O–H groups in total. The highest BCUT2D eigenvalue weighted by molar-refractivity contribution is 7.99. The minimum atomic E-state index is -3.74. The van der Waals surface area contributed by atoms with Gasteiger partial charge in [-0.1, -0.05) is 17.8 Å². The van der Waals surface area contributed by atoms with Crippen molar-refractivity contribution in [1.82, 2.24) is 0 Å². The zero-order valence-corrected chi connectivity index (χ0v) is 13.0. The maximum absolute atomic E-state index is 11.5. The van der Waals surface area contributed by atoms with E-state index in [-0.39, 0.29) is 4.90 Å². The lowest BCUT2D eigenvalue weighted by molar-refractivity contribution is 0.597. The second-order valence-corrected chi connectivity index (χ2v) is 7.88. The van der Waals surface area contributed by atoms with Crippen LogP contribution in [0.15, 0.2) is 51.1 Å². The maximum atomic E-state index is 11.5. The summed E-state index contributed by atoms with van der Waals surface area (Å²) in [6.45, 7) is 0. The lowest BCUT2D eigenvalue weighted by Crippen LogP contribution is -2.12. The van der Waals surface area contributed by atoms with E-state index in [1.165, 1.54) is 35.4 Å². The van der Waals surface area contributed by atoms with Crippen molar-refractivity contribution in [3.63, 3.8) is 0 Å². The van der Waals surface area contributed by atoms with E-state index in [1.54, 1.807) is 12.1 Å². The van der Waals surface area contributed by atoms with Crippen molar-refractivity contribution in [3.05, 3.63) is 47.5 Å². The van der Waals surface area contributed by atoms with Crippen LogP contribution in [0, 0.1) is 0 Å². The van der Waals surface area contributed by atoms with E-state index in [2.05, 4.69) is 18.2 Å². The van der Waals surface area contributed by atoms with E-state index in [4.69, 9.17) is 10.9 Å². The van der Waals surface area contributed by atoms with Gasteiger partial charge in [-0.25, -0.2) is 13.6 Å². The molecule has 110 valence electrons. The molecule has 0 amide bonds. The van der Waals surface area contributed by atoms with Gasteiger partial charge >= 0.3 is 0 Å². The molecule has 0 aliphatic heterocycles. The number of rotatable bonds is 3. The minimum Gasteiger partial charge on any atom is -0.399 e. The molecule has 2 aromatic rings. The zero-order chi connectivity index (χ0) is 15.0. The molecular weight excluding hydrogens is 304 g/mol. The van der Waals surface area contributed by atoms with Gasteiger partial charge in [0, 0.05) is 15.5 Å². The fraction of sp³-hybridized carbons (Fsp3) is 0.200.